The summed E-state index contributed by atoms with van der Waals surface area (Å²) in [7, 11) is 3.87. The fourth-order valence-corrected chi connectivity index (χ4v) is 4.90. The molecule has 0 spiro atoms. The first-order valence-corrected chi connectivity index (χ1v) is 11.5. The SMILES string of the molecule is CCOC(=O)c1c(CSc2ccc(F)cc2)n(C2CC2)c2ccc(O)c(CN(C)C)c12. The molecule has 0 amide bonds. The van der Waals surface area contributed by atoms with Gasteiger partial charge in [0.2, 0.25) is 0 Å². The van der Waals surface area contributed by atoms with Crippen LogP contribution < -0.4 is 0 Å². The molecule has 1 aliphatic carbocycles. The molecule has 0 atom stereocenters. The molecule has 0 unspecified atom stereocenters. The van der Waals surface area contributed by atoms with Gasteiger partial charge >= 0.3 is 5.97 Å². The van der Waals surface area contributed by atoms with Crippen molar-refractivity contribution in [3.63, 3.8) is 0 Å². The van der Waals surface area contributed by atoms with E-state index < -0.39 is 0 Å². The predicted molar refractivity (Wildman–Crippen MR) is 121 cm³/mol. The van der Waals surface area contributed by atoms with Crippen LogP contribution in [0.2, 0.25) is 0 Å². The predicted octanol–water partition coefficient (Wildman–Crippen LogP) is 5.35. The molecule has 164 valence electrons. The van der Waals surface area contributed by atoms with E-state index in [1.165, 1.54) is 12.1 Å². The molecule has 0 bridgehead atoms. The van der Waals surface area contributed by atoms with E-state index in [2.05, 4.69) is 4.57 Å². The normalized spacial score (nSPS) is 13.8. The minimum atomic E-state index is -0.368. The van der Waals surface area contributed by atoms with Crippen LogP contribution in [0, 0.1) is 5.82 Å². The Bertz CT molecular complexity index is 1100. The zero-order chi connectivity index (χ0) is 22.1. The third-order valence-electron chi connectivity index (χ3n) is 5.41. The summed E-state index contributed by atoms with van der Waals surface area (Å²) >= 11 is 1.56. The Labute approximate surface area is 185 Å². The Morgan fingerprint density at radius 3 is 2.55 bits per heavy atom. The number of fused-ring (bicyclic) bond motifs is 1. The Kier molecular flexibility index (Phi) is 6.25. The summed E-state index contributed by atoms with van der Waals surface area (Å²) in [5.74, 6) is 0.0877. The Balaban J connectivity index is 1.89. The van der Waals surface area contributed by atoms with Crippen molar-refractivity contribution in [2.75, 3.05) is 20.7 Å². The van der Waals surface area contributed by atoms with E-state index in [1.807, 2.05) is 25.1 Å². The first-order valence-electron chi connectivity index (χ1n) is 10.5. The Morgan fingerprint density at radius 1 is 1.23 bits per heavy atom. The number of aromatic hydroxyl groups is 1. The summed E-state index contributed by atoms with van der Waals surface area (Å²) in [6.45, 7) is 2.58. The van der Waals surface area contributed by atoms with E-state index in [1.54, 1.807) is 36.9 Å². The van der Waals surface area contributed by atoms with Crippen LogP contribution in [0.15, 0.2) is 41.3 Å². The number of rotatable bonds is 8. The van der Waals surface area contributed by atoms with E-state index in [0.29, 0.717) is 23.9 Å². The zero-order valence-electron chi connectivity index (χ0n) is 18.0. The number of phenolic OH excluding ortho intramolecular Hbond substituents is 1. The van der Waals surface area contributed by atoms with Crippen LogP contribution in [0.1, 0.15) is 47.4 Å². The number of hydrogen-bond acceptors (Lipinski definition) is 5. The number of halogens is 1. The van der Waals surface area contributed by atoms with Crippen LogP contribution in [0.5, 0.6) is 5.75 Å². The second-order valence-electron chi connectivity index (χ2n) is 8.08. The van der Waals surface area contributed by atoms with Crippen molar-refractivity contribution in [1.82, 2.24) is 9.47 Å². The monoisotopic (exact) mass is 442 g/mol. The minimum absolute atomic E-state index is 0.178. The van der Waals surface area contributed by atoms with Crippen molar-refractivity contribution >= 4 is 28.6 Å². The number of carbonyl (C=O) groups excluding carboxylic acids is 1. The first-order chi connectivity index (χ1) is 14.9. The fraction of sp³-hybridized carbons (Fsp3) is 0.375. The maximum absolute atomic E-state index is 13.3. The maximum atomic E-state index is 13.3. The molecule has 1 saturated carbocycles. The number of hydrogen-bond donors (Lipinski definition) is 1. The molecule has 31 heavy (non-hydrogen) atoms. The van der Waals surface area contributed by atoms with Gasteiger partial charge < -0.3 is 19.3 Å². The molecule has 7 heteroatoms. The lowest BCUT2D eigenvalue weighted by molar-refractivity contribution is 0.0527. The molecule has 1 heterocycles. The van der Waals surface area contributed by atoms with Gasteiger partial charge in [-0.2, -0.15) is 0 Å². The van der Waals surface area contributed by atoms with E-state index in [0.717, 1.165) is 39.9 Å². The molecule has 0 radical (unpaired) electrons. The topological polar surface area (TPSA) is 54.7 Å². The minimum Gasteiger partial charge on any atom is -0.508 e. The van der Waals surface area contributed by atoms with Crippen molar-refractivity contribution in [1.29, 1.82) is 0 Å². The molecular weight excluding hydrogens is 415 g/mol. The Morgan fingerprint density at radius 2 is 1.94 bits per heavy atom. The smallest absolute Gasteiger partial charge is 0.340 e. The second-order valence-corrected chi connectivity index (χ2v) is 9.13. The summed E-state index contributed by atoms with van der Waals surface area (Å²) in [4.78, 5) is 16.1. The molecule has 3 aromatic rings. The number of phenols is 1. The van der Waals surface area contributed by atoms with Crippen molar-refractivity contribution in [2.45, 2.75) is 43.0 Å². The first kappa shape index (κ1) is 21.7. The van der Waals surface area contributed by atoms with Gasteiger partial charge in [-0.05, 0) is 70.3 Å². The van der Waals surface area contributed by atoms with Gasteiger partial charge in [0.05, 0.1) is 12.2 Å². The summed E-state index contributed by atoms with van der Waals surface area (Å²) < 4.78 is 21.0. The zero-order valence-corrected chi connectivity index (χ0v) is 18.8. The molecule has 1 N–H and O–H groups in total. The quantitative estimate of drug-likeness (QED) is 0.376. The van der Waals surface area contributed by atoms with E-state index in [-0.39, 0.29) is 24.1 Å². The van der Waals surface area contributed by atoms with Gasteiger partial charge in [0.25, 0.3) is 0 Å². The van der Waals surface area contributed by atoms with Crippen LogP contribution in [0.3, 0.4) is 0 Å². The number of ether oxygens (including phenoxy) is 1. The number of aromatic nitrogens is 1. The lowest BCUT2D eigenvalue weighted by atomic mass is 10.0. The van der Waals surface area contributed by atoms with Crippen LogP contribution >= 0.6 is 11.8 Å². The van der Waals surface area contributed by atoms with Gasteiger partial charge in [-0.15, -0.1) is 11.8 Å². The number of thioether (sulfide) groups is 1. The number of benzene rings is 2. The Hall–Kier alpha value is -2.51. The number of esters is 1. The van der Waals surface area contributed by atoms with Crippen molar-refractivity contribution < 1.29 is 19.0 Å². The molecular formula is C24H27FN2O3S. The highest BCUT2D eigenvalue weighted by atomic mass is 32.2. The van der Waals surface area contributed by atoms with Gasteiger partial charge in [-0.25, -0.2) is 9.18 Å². The highest BCUT2D eigenvalue weighted by molar-refractivity contribution is 7.98. The summed E-state index contributed by atoms with van der Waals surface area (Å²) in [6.07, 6.45) is 2.12. The van der Waals surface area contributed by atoms with E-state index in [9.17, 15) is 14.3 Å². The average Bonchev–Trinajstić information content (AvgIpc) is 3.51. The standard InChI is InChI=1S/C24H27FN2O3S/c1-4-30-24(29)23-20(14-31-17-9-5-15(25)6-10-17)27(16-7-8-16)19-11-12-21(28)18(22(19)23)13-26(2)3/h5-6,9-12,16,28H,4,7-8,13-14H2,1-3H3. The third kappa shape index (κ3) is 4.43. The number of carbonyl (C=O) groups is 1. The summed E-state index contributed by atoms with van der Waals surface area (Å²) in [5.41, 5.74) is 3.12. The fourth-order valence-electron chi connectivity index (χ4n) is 3.99. The highest BCUT2D eigenvalue weighted by Crippen LogP contribution is 2.45. The van der Waals surface area contributed by atoms with Gasteiger partial charge in [-0.1, -0.05) is 0 Å². The lowest BCUT2D eigenvalue weighted by Crippen LogP contribution is -2.13. The van der Waals surface area contributed by atoms with Gasteiger partial charge in [0, 0.05) is 45.4 Å². The van der Waals surface area contributed by atoms with E-state index in [4.69, 9.17) is 4.74 Å². The van der Waals surface area contributed by atoms with Gasteiger partial charge in [-0.3, -0.25) is 0 Å². The van der Waals surface area contributed by atoms with E-state index >= 15 is 0 Å². The highest BCUT2D eigenvalue weighted by Gasteiger charge is 2.33. The van der Waals surface area contributed by atoms with Gasteiger partial charge in [0.15, 0.2) is 0 Å². The van der Waals surface area contributed by atoms with Gasteiger partial charge in [0.1, 0.15) is 11.6 Å². The molecule has 1 fully saturated rings. The van der Waals surface area contributed by atoms with Crippen molar-refractivity contribution in [3.8, 4) is 5.75 Å². The molecule has 2 aromatic carbocycles. The second kappa shape index (κ2) is 8.93. The van der Waals surface area contributed by atoms with Crippen LogP contribution in [-0.4, -0.2) is 41.2 Å². The average molecular weight is 443 g/mol. The van der Waals surface area contributed by atoms with Crippen LogP contribution in [-0.2, 0) is 17.0 Å². The molecule has 1 aliphatic rings. The molecule has 0 saturated heterocycles. The molecule has 5 nitrogen and oxygen atoms in total. The van der Waals surface area contributed by atoms with Crippen LogP contribution in [0.4, 0.5) is 4.39 Å². The number of nitrogens with zero attached hydrogens (tertiary/aromatic N) is 2. The van der Waals surface area contributed by atoms with Crippen LogP contribution in [0.25, 0.3) is 10.9 Å². The largest absolute Gasteiger partial charge is 0.508 e. The molecule has 1 aromatic heterocycles. The van der Waals surface area contributed by atoms with Crippen molar-refractivity contribution in [3.05, 3.63) is 59.0 Å². The molecule has 0 aliphatic heterocycles. The third-order valence-corrected chi connectivity index (χ3v) is 6.43. The summed E-state index contributed by atoms with van der Waals surface area (Å²) in [6, 6.07) is 10.3. The van der Waals surface area contributed by atoms with Crippen molar-refractivity contribution in [2.24, 2.45) is 0 Å². The lowest BCUT2D eigenvalue weighted by Gasteiger charge is -2.14. The molecule has 4 rings (SSSR count). The maximum Gasteiger partial charge on any atom is 0.340 e. The summed E-state index contributed by atoms with van der Waals surface area (Å²) in [5, 5.41) is 11.4.